The number of rotatable bonds is 4. The van der Waals surface area contributed by atoms with E-state index in [0.717, 1.165) is 22.6 Å². The SMILES string of the molecule is Cc1ccc(-n2c(C)cc(/C=C(\C#N)C(=O)Nc3ccccc3)c2C)cc1. The summed E-state index contributed by atoms with van der Waals surface area (Å²) in [6.45, 7) is 6.06. The fraction of sp³-hybridized carbons (Fsp3) is 0.130. The smallest absolute Gasteiger partial charge is 0.266 e. The van der Waals surface area contributed by atoms with Crippen LogP contribution in [0.3, 0.4) is 0 Å². The molecule has 0 aliphatic carbocycles. The molecule has 1 N–H and O–H groups in total. The minimum atomic E-state index is -0.413. The Balaban J connectivity index is 1.93. The maximum absolute atomic E-state index is 12.4. The third-order valence-electron chi connectivity index (χ3n) is 4.46. The number of nitrogens with zero attached hydrogens (tertiary/aromatic N) is 2. The Morgan fingerprint density at radius 2 is 1.70 bits per heavy atom. The number of hydrogen-bond donors (Lipinski definition) is 1. The first-order chi connectivity index (χ1) is 13.0. The first kappa shape index (κ1) is 18.2. The molecular formula is C23H21N3O. The molecule has 2 aromatic carbocycles. The molecule has 0 aliphatic rings. The Hall–Kier alpha value is -3.58. The van der Waals surface area contributed by atoms with Gasteiger partial charge in [0.1, 0.15) is 11.6 Å². The normalized spacial score (nSPS) is 11.1. The van der Waals surface area contributed by atoms with Gasteiger partial charge in [-0.25, -0.2) is 0 Å². The van der Waals surface area contributed by atoms with Gasteiger partial charge in [-0.15, -0.1) is 0 Å². The van der Waals surface area contributed by atoms with Crippen molar-refractivity contribution < 1.29 is 4.79 Å². The predicted molar refractivity (Wildman–Crippen MR) is 109 cm³/mol. The van der Waals surface area contributed by atoms with Crippen molar-refractivity contribution in [1.29, 1.82) is 5.26 Å². The summed E-state index contributed by atoms with van der Waals surface area (Å²) in [5, 5.41) is 12.2. The summed E-state index contributed by atoms with van der Waals surface area (Å²) in [4.78, 5) is 12.4. The van der Waals surface area contributed by atoms with E-state index in [4.69, 9.17) is 0 Å². The topological polar surface area (TPSA) is 57.8 Å². The molecule has 0 radical (unpaired) electrons. The van der Waals surface area contributed by atoms with E-state index in [0.29, 0.717) is 5.69 Å². The van der Waals surface area contributed by atoms with Gasteiger partial charge in [-0.3, -0.25) is 4.79 Å². The average molecular weight is 355 g/mol. The Labute approximate surface area is 159 Å². The summed E-state index contributed by atoms with van der Waals surface area (Å²) >= 11 is 0. The number of carbonyl (C=O) groups excluding carboxylic acids is 1. The van der Waals surface area contributed by atoms with Crippen LogP contribution in [-0.2, 0) is 4.79 Å². The second-order valence-corrected chi connectivity index (χ2v) is 6.49. The van der Waals surface area contributed by atoms with Gasteiger partial charge in [-0.1, -0.05) is 35.9 Å². The van der Waals surface area contributed by atoms with Crippen LogP contribution >= 0.6 is 0 Å². The summed E-state index contributed by atoms with van der Waals surface area (Å²) in [6.07, 6.45) is 1.64. The van der Waals surface area contributed by atoms with Crippen LogP contribution in [0, 0.1) is 32.1 Å². The molecule has 4 nitrogen and oxygen atoms in total. The summed E-state index contributed by atoms with van der Waals surface area (Å²) in [5.74, 6) is -0.413. The van der Waals surface area contributed by atoms with Crippen molar-refractivity contribution in [3.8, 4) is 11.8 Å². The van der Waals surface area contributed by atoms with Gasteiger partial charge >= 0.3 is 0 Å². The van der Waals surface area contributed by atoms with E-state index < -0.39 is 5.91 Å². The molecular weight excluding hydrogens is 334 g/mol. The summed E-state index contributed by atoms with van der Waals surface area (Å²) < 4.78 is 2.12. The molecule has 0 aliphatic heterocycles. The highest BCUT2D eigenvalue weighted by atomic mass is 16.1. The zero-order valence-corrected chi connectivity index (χ0v) is 15.7. The van der Waals surface area contributed by atoms with E-state index in [9.17, 15) is 10.1 Å². The molecule has 3 rings (SSSR count). The quantitative estimate of drug-likeness (QED) is 0.532. The number of nitriles is 1. The molecule has 4 heteroatoms. The number of para-hydroxylation sites is 1. The van der Waals surface area contributed by atoms with Crippen LogP contribution in [0.15, 0.2) is 66.2 Å². The van der Waals surface area contributed by atoms with E-state index in [1.165, 1.54) is 5.56 Å². The number of anilines is 1. The van der Waals surface area contributed by atoms with Crippen molar-refractivity contribution in [1.82, 2.24) is 4.57 Å². The van der Waals surface area contributed by atoms with Crippen LogP contribution in [0.4, 0.5) is 5.69 Å². The van der Waals surface area contributed by atoms with Crippen molar-refractivity contribution in [3.05, 3.63) is 88.8 Å². The van der Waals surface area contributed by atoms with E-state index >= 15 is 0 Å². The summed E-state index contributed by atoms with van der Waals surface area (Å²) in [7, 11) is 0. The molecule has 27 heavy (non-hydrogen) atoms. The van der Waals surface area contributed by atoms with Crippen LogP contribution in [0.2, 0.25) is 0 Å². The monoisotopic (exact) mass is 355 g/mol. The second-order valence-electron chi connectivity index (χ2n) is 6.49. The lowest BCUT2D eigenvalue weighted by Gasteiger charge is -2.10. The van der Waals surface area contributed by atoms with Crippen molar-refractivity contribution in [2.45, 2.75) is 20.8 Å². The number of amides is 1. The fourth-order valence-corrected chi connectivity index (χ4v) is 3.05. The first-order valence-corrected chi connectivity index (χ1v) is 8.74. The first-order valence-electron chi connectivity index (χ1n) is 8.74. The van der Waals surface area contributed by atoms with Crippen molar-refractivity contribution in [2.24, 2.45) is 0 Å². The predicted octanol–water partition coefficient (Wildman–Crippen LogP) is 4.95. The second kappa shape index (κ2) is 7.76. The standard InChI is InChI=1S/C23H21N3O/c1-16-9-11-22(12-10-16)26-17(2)13-19(18(26)3)14-20(15-24)23(27)25-21-7-5-4-6-8-21/h4-14H,1-3H3,(H,25,27)/b20-14+. The number of hydrogen-bond acceptors (Lipinski definition) is 2. The molecule has 1 aromatic heterocycles. The third kappa shape index (κ3) is 3.99. The lowest BCUT2D eigenvalue weighted by atomic mass is 10.1. The molecule has 0 spiro atoms. The van der Waals surface area contributed by atoms with E-state index in [2.05, 4.69) is 41.1 Å². The number of aryl methyl sites for hydroxylation is 2. The van der Waals surface area contributed by atoms with Crippen LogP contribution in [-0.4, -0.2) is 10.5 Å². The lowest BCUT2D eigenvalue weighted by molar-refractivity contribution is -0.112. The van der Waals surface area contributed by atoms with Gasteiger partial charge in [-0.05, 0) is 62.7 Å². The summed E-state index contributed by atoms with van der Waals surface area (Å²) in [6, 6.07) is 21.4. The number of nitrogens with one attached hydrogen (secondary N) is 1. The van der Waals surface area contributed by atoms with Crippen molar-refractivity contribution in [3.63, 3.8) is 0 Å². The molecule has 0 bridgehead atoms. The van der Waals surface area contributed by atoms with Gasteiger partial charge in [-0.2, -0.15) is 5.26 Å². The minimum Gasteiger partial charge on any atom is -0.321 e. The van der Waals surface area contributed by atoms with Gasteiger partial charge in [0.15, 0.2) is 0 Å². The van der Waals surface area contributed by atoms with Gasteiger partial charge in [0.05, 0.1) is 0 Å². The highest BCUT2D eigenvalue weighted by molar-refractivity contribution is 6.09. The molecule has 3 aromatic rings. The highest BCUT2D eigenvalue weighted by Gasteiger charge is 2.14. The molecule has 0 saturated heterocycles. The molecule has 0 atom stereocenters. The Morgan fingerprint density at radius 1 is 1.04 bits per heavy atom. The van der Waals surface area contributed by atoms with Crippen LogP contribution in [0.1, 0.15) is 22.5 Å². The number of benzene rings is 2. The van der Waals surface area contributed by atoms with Gasteiger partial charge in [0.2, 0.25) is 0 Å². The maximum atomic E-state index is 12.4. The Bertz CT molecular complexity index is 1040. The van der Waals surface area contributed by atoms with E-state index in [1.807, 2.05) is 44.2 Å². The maximum Gasteiger partial charge on any atom is 0.266 e. The average Bonchev–Trinajstić information content (AvgIpc) is 2.94. The largest absolute Gasteiger partial charge is 0.321 e. The van der Waals surface area contributed by atoms with Crippen LogP contribution in [0.25, 0.3) is 11.8 Å². The zero-order chi connectivity index (χ0) is 19.4. The number of carbonyl (C=O) groups is 1. The Kier molecular flexibility index (Phi) is 5.23. The number of aromatic nitrogens is 1. The van der Waals surface area contributed by atoms with Crippen molar-refractivity contribution in [2.75, 3.05) is 5.32 Å². The minimum absolute atomic E-state index is 0.0722. The van der Waals surface area contributed by atoms with E-state index in [-0.39, 0.29) is 5.57 Å². The molecule has 134 valence electrons. The molecule has 0 unspecified atom stereocenters. The van der Waals surface area contributed by atoms with Crippen LogP contribution < -0.4 is 5.32 Å². The van der Waals surface area contributed by atoms with Gasteiger partial charge in [0, 0.05) is 22.8 Å². The molecule has 1 amide bonds. The lowest BCUT2D eigenvalue weighted by Crippen LogP contribution is -2.13. The van der Waals surface area contributed by atoms with Crippen LogP contribution in [0.5, 0.6) is 0 Å². The Morgan fingerprint density at radius 3 is 2.33 bits per heavy atom. The van der Waals surface area contributed by atoms with Gasteiger partial charge in [0.25, 0.3) is 5.91 Å². The van der Waals surface area contributed by atoms with Crippen molar-refractivity contribution >= 4 is 17.7 Å². The molecule has 1 heterocycles. The fourth-order valence-electron chi connectivity index (χ4n) is 3.05. The molecule has 0 saturated carbocycles. The third-order valence-corrected chi connectivity index (χ3v) is 4.46. The molecule has 0 fully saturated rings. The zero-order valence-electron chi connectivity index (χ0n) is 15.7. The van der Waals surface area contributed by atoms with Gasteiger partial charge < -0.3 is 9.88 Å². The highest BCUT2D eigenvalue weighted by Crippen LogP contribution is 2.23. The summed E-state index contributed by atoms with van der Waals surface area (Å²) in [5.41, 5.74) is 5.87. The van der Waals surface area contributed by atoms with E-state index in [1.54, 1.807) is 18.2 Å².